The number of methoxy groups -OCH3 is 1. The Labute approximate surface area is 95.9 Å². The first-order valence-electron chi connectivity index (χ1n) is 5.41. The molecule has 0 fully saturated rings. The summed E-state index contributed by atoms with van der Waals surface area (Å²) in [5, 5.41) is 21.9. The van der Waals surface area contributed by atoms with Crippen LogP contribution in [-0.2, 0) is 6.54 Å². The number of aliphatic hydroxyl groups excluding tert-OH is 1. The summed E-state index contributed by atoms with van der Waals surface area (Å²) < 4.78 is 5.00. The molecule has 0 bridgehead atoms. The zero-order valence-electron chi connectivity index (χ0n) is 9.73. The Morgan fingerprint density at radius 1 is 1.44 bits per heavy atom. The van der Waals surface area contributed by atoms with Crippen molar-refractivity contribution in [1.82, 2.24) is 5.32 Å². The second-order valence-electron chi connectivity index (χ2n) is 3.66. The molecule has 0 heterocycles. The van der Waals surface area contributed by atoms with Gasteiger partial charge >= 0.3 is 0 Å². The highest BCUT2D eigenvalue weighted by Gasteiger charge is 2.06. The van der Waals surface area contributed by atoms with Gasteiger partial charge in [0.05, 0.1) is 13.7 Å². The van der Waals surface area contributed by atoms with E-state index in [1.54, 1.807) is 19.2 Å². The molecule has 0 saturated carbocycles. The summed E-state index contributed by atoms with van der Waals surface area (Å²) in [6.45, 7) is 2.64. The molecular weight excluding hydrogens is 206 g/mol. The second kappa shape index (κ2) is 6.35. The molecule has 0 aliphatic heterocycles. The number of aromatic hydroxyl groups is 1. The van der Waals surface area contributed by atoms with Crippen LogP contribution in [0.3, 0.4) is 0 Å². The third kappa shape index (κ3) is 3.40. The van der Waals surface area contributed by atoms with Gasteiger partial charge in [-0.3, -0.25) is 0 Å². The van der Waals surface area contributed by atoms with E-state index in [0.29, 0.717) is 12.3 Å². The van der Waals surface area contributed by atoms with Crippen LogP contribution in [0.1, 0.15) is 18.9 Å². The van der Waals surface area contributed by atoms with E-state index >= 15 is 0 Å². The van der Waals surface area contributed by atoms with Crippen molar-refractivity contribution in [1.29, 1.82) is 0 Å². The Balaban J connectivity index is 2.60. The summed E-state index contributed by atoms with van der Waals surface area (Å²) in [6.07, 6.45) is 0.855. The molecule has 90 valence electrons. The molecule has 0 saturated heterocycles. The summed E-state index contributed by atoms with van der Waals surface area (Å²) in [5.41, 5.74) is 0.799. The van der Waals surface area contributed by atoms with Crippen LogP contribution >= 0.6 is 0 Å². The van der Waals surface area contributed by atoms with Crippen molar-refractivity contribution in [2.45, 2.75) is 25.9 Å². The van der Waals surface area contributed by atoms with Crippen molar-refractivity contribution in [3.05, 3.63) is 23.8 Å². The lowest BCUT2D eigenvalue weighted by atomic mass is 10.1. The van der Waals surface area contributed by atoms with Gasteiger partial charge in [0.1, 0.15) is 11.5 Å². The SMILES string of the molecule is CC[C@H](CO)NCc1ccc(OC)cc1O. The second-order valence-corrected chi connectivity index (χ2v) is 3.66. The Kier molecular flexibility index (Phi) is 5.08. The fourth-order valence-electron chi connectivity index (χ4n) is 1.41. The largest absolute Gasteiger partial charge is 0.507 e. The van der Waals surface area contributed by atoms with Crippen molar-refractivity contribution >= 4 is 0 Å². The topological polar surface area (TPSA) is 61.7 Å². The first-order chi connectivity index (χ1) is 7.71. The third-order valence-electron chi connectivity index (χ3n) is 2.59. The zero-order valence-corrected chi connectivity index (χ0v) is 9.73. The molecule has 0 aromatic heterocycles. The number of hydrogen-bond donors (Lipinski definition) is 3. The molecule has 4 heteroatoms. The maximum Gasteiger partial charge on any atom is 0.123 e. The highest BCUT2D eigenvalue weighted by atomic mass is 16.5. The van der Waals surface area contributed by atoms with E-state index in [-0.39, 0.29) is 18.4 Å². The van der Waals surface area contributed by atoms with Crippen molar-refractivity contribution in [2.24, 2.45) is 0 Å². The summed E-state index contributed by atoms with van der Waals surface area (Å²) in [6, 6.07) is 5.26. The van der Waals surface area contributed by atoms with Crippen LogP contribution in [0.2, 0.25) is 0 Å². The number of hydrogen-bond acceptors (Lipinski definition) is 4. The van der Waals surface area contributed by atoms with Gasteiger partial charge in [-0.25, -0.2) is 0 Å². The molecule has 0 spiro atoms. The van der Waals surface area contributed by atoms with Crippen LogP contribution in [0.4, 0.5) is 0 Å². The standard InChI is InChI=1S/C12H19NO3/c1-3-10(8-14)13-7-9-4-5-11(16-2)6-12(9)15/h4-6,10,13-15H,3,7-8H2,1-2H3/t10-/m1/s1. The van der Waals surface area contributed by atoms with Crippen molar-refractivity contribution < 1.29 is 14.9 Å². The van der Waals surface area contributed by atoms with Gasteiger partial charge in [-0.1, -0.05) is 13.0 Å². The van der Waals surface area contributed by atoms with E-state index in [1.807, 2.05) is 13.0 Å². The van der Waals surface area contributed by atoms with E-state index in [9.17, 15) is 5.11 Å². The Bertz CT molecular complexity index is 324. The number of phenolic OH excluding ortho intramolecular Hbond substituents is 1. The molecule has 16 heavy (non-hydrogen) atoms. The van der Waals surface area contributed by atoms with Crippen LogP contribution in [0.25, 0.3) is 0 Å². The normalized spacial score (nSPS) is 12.4. The lowest BCUT2D eigenvalue weighted by Crippen LogP contribution is -2.31. The first-order valence-corrected chi connectivity index (χ1v) is 5.41. The summed E-state index contributed by atoms with van der Waals surface area (Å²) in [5.74, 6) is 0.843. The molecule has 4 nitrogen and oxygen atoms in total. The Morgan fingerprint density at radius 3 is 2.69 bits per heavy atom. The smallest absolute Gasteiger partial charge is 0.123 e. The fourth-order valence-corrected chi connectivity index (χ4v) is 1.41. The molecule has 1 aromatic rings. The van der Waals surface area contributed by atoms with E-state index in [2.05, 4.69) is 5.32 Å². The highest BCUT2D eigenvalue weighted by Crippen LogP contribution is 2.23. The predicted molar refractivity (Wildman–Crippen MR) is 62.7 cm³/mol. The van der Waals surface area contributed by atoms with Gasteiger partial charge in [0.15, 0.2) is 0 Å². The maximum absolute atomic E-state index is 9.70. The van der Waals surface area contributed by atoms with E-state index in [4.69, 9.17) is 9.84 Å². The van der Waals surface area contributed by atoms with Gasteiger partial charge in [0, 0.05) is 24.2 Å². The fraction of sp³-hybridized carbons (Fsp3) is 0.500. The minimum Gasteiger partial charge on any atom is -0.507 e. The number of phenols is 1. The Morgan fingerprint density at radius 2 is 2.19 bits per heavy atom. The first kappa shape index (κ1) is 12.8. The van der Waals surface area contributed by atoms with Gasteiger partial charge in [0.2, 0.25) is 0 Å². The van der Waals surface area contributed by atoms with Gasteiger partial charge in [-0.15, -0.1) is 0 Å². The van der Waals surface area contributed by atoms with Crippen molar-refractivity contribution in [3.63, 3.8) is 0 Å². The molecule has 1 atom stereocenters. The summed E-state index contributed by atoms with van der Waals surface area (Å²) in [4.78, 5) is 0. The molecule has 1 rings (SSSR count). The lowest BCUT2D eigenvalue weighted by molar-refractivity contribution is 0.238. The Hall–Kier alpha value is -1.26. The molecule has 0 radical (unpaired) electrons. The van der Waals surface area contributed by atoms with Crippen LogP contribution in [0, 0.1) is 0 Å². The molecular formula is C12H19NO3. The van der Waals surface area contributed by atoms with E-state index in [1.165, 1.54) is 0 Å². The van der Waals surface area contributed by atoms with E-state index in [0.717, 1.165) is 12.0 Å². The molecule has 0 amide bonds. The molecule has 0 aliphatic rings. The van der Waals surface area contributed by atoms with Crippen LogP contribution in [0.5, 0.6) is 11.5 Å². The molecule has 1 aromatic carbocycles. The third-order valence-corrected chi connectivity index (χ3v) is 2.59. The van der Waals surface area contributed by atoms with Crippen LogP contribution in [0.15, 0.2) is 18.2 Å². The summed E-state index contributed by atoms with van der Waals surface area (Å²) >= 11 is 0. The number of benzene rings is 1. The monoisotopic (exact) mass is 225 g/mol. The van der Waals surface area contributed by atoms with Crippen molar-refractivity contribution in [2.75, 3.05) is 13.7 Å². The van der Waals surface area contributed by atoms with Crippen LogP contribution < -0.4 is 10.1 Å². The predicted octanol–water partition coefficient (Wildman–Crippen LogP) is 1.26. The van der Waals surface area contributed by atoms with Gasteiger partial charge < -0.3 is 20.3 Å². The average molecular weight is 225 g/mol. The van der Waals surface area contributed by atoms with Gasteiger partial charge in [-0.05, 0) is 12.5 Å². The summed E-state index contributed by atoms with van der Waals surface area (Å²) in [7, 11) is 1.56. The number of ether oxygens (including phenoxy) is 1. The molecule has 0 unspecified atom stereocenters. The molecule has 0 aliphatic carbocycles. The number of nitrogens with one attached hydrogen (secondary N) is 1. The quantitative estimate of drug-likeness (QED) is 0.682. The highest BCUT2D eigenvalue weighted by molar-refractivity contribution is 5.39. The van der Waals surface area contributed by atoms with Gasteiger partial charge in [-0.2, -0.15) is 0 Å². The van der Waals surface area contributed by atoms with Gasteiger partial charge in [0.25, 0.3) is 0 Å². The van der Waals surface area contributed by atoms with Crippen molar-refractivity contribution in [3.8, 4) is 11.5 Å². The minimum atomic E-state index is 0.0708. The maximum atomic E-state index is 9.70. The van der Waals surface area contributed by atoms with E-state index < -0.39 is 0 Å². The molecule has 3 N–H and O–H groups in total. The zero-order chi connectivity index (χ0) is 12.0. The van der Waals surface area contributed by atoms with Crippen LogP contribution in [-0.4, -0.2) is 30.0 Å². The lowest BCUT2D eigenvalue weighted by Gasteiger charge is -2.14. The minimum absolute atomic E-state index is 0.0708. The average Bonchev–Trinajstić information content (AvgIpc) is 2.32. The number of rotatable bonds is 6. The number of aliphatic hydroxyl groups is 1.